The zero-order valence-electron chi connectivity index (χ0n) is 24.6. The number of hydrogen-bond donors (Lipinski definition) is 2. The van der Waals surface area contributed by atoms with Crippen molar-refractivity contribution in [3.8, 4) is 0 Å². The lowest BCUT2D eigenvalue weighted by Gasteiger charge is -2.33. The minimum Gasteiger partial charge on any atom is -0.480 e. The van der Waals surface area contributed by atoms with Gasteiger partial charge >= 0.3 is 31.0 Å². The molecule has 17 heteroatoms. The van der Waals surface area contributed by atoms with E-state index in [0.717, 1.165) is 28.9 Å². The lowest BCUT2D eigenvalue weighted by molar-refractivity contribution is -0.402. The van der Waals surface area contributed by atoms with Crippen molar-refractivity contribution in [2.45, 2.75) is 70.4 Å². The molecule has 1 aromatic heterocycles. The summed E-state index contributed by atoms with van der Waals surface area (Å²) in [4.78, 5) is 46.2. The van der Waals surface area contributed by atoms with Gasteiger partial charge in [0.05, 0.1) is 18.9 Å². The number of carbonyl (C=O) groups is 3. The minimum absolute atomic E-state index is 0.0653. The van der Waals surface area contributed by atoms with E-state index >= 15 is 8.78 Å². The first-order chi connectivity index (χ1) is 20.4. The largest absolute Gasteiger partial charge is 0.480 e. The molecular formula is C27H35ClF2N3O10P. The van der Waals surface area contributed by atoms with Crippen LogP contribution in [-0.2, 0) is 46.9 Å². The fraction of sp³-hybridized carbons (Fsp3) is 0.519. The monoisotopic (exact) mass is 665 g/mol. The molecule has 2 rings (SSSR count). The summed E-state index contributed by atoms with van der Waals surface area (Å²) < 4.78 is 61.9. The van der Waals surface area contributed by atoms with E-state index in [1.54, 1.807) is 20.8 Å². The second-order valence-electron chi connectivity index (χ2n) is 10.7. The number of unbranched alkanes of at least 4 members (excludes halogenated alkanes) is 1. The van der Waals surface area contributed by atoms with Gasteiger partial charge in [-0.1, -0.05) is 24.3 Å². The van der Waals surface area contributed by atoms with Crippen LogP contribution < -0.4 is 5.32 Å². The fourth-order valence-corrected chi connectivity index (χ4v) is 5.98. The Hall–Kier alpha value is -3.39. The van der Waals surface area contributed by atoms with E-state index < -0.39 is 78.5 Å². The van der Waals surface area contributed by atoms with Crippen molar-refractivity contribution in [3.63, 3.8) is 0 Å². The molecule has 2 atom stereocenters. The number of nitro groups is 1. The molecular weight excluding hydrogens is 631 g/mol. The molecule has 0 fully saturated rings. The molecule has 0 spiro atoms. The third kappa shape index (κ3) is 10.4. The molecule has 2 N–H and O–H groups in total. The van der Waals surface area contributed by atoms with E-state index in [2.05, 4.69) is 5.32 Å². The lowest BCUT2D eigenvalue weighted by Crippen LogP contribution is -2.43. The molecule has 0 aliphatic heterocycles. The van der Waals surface area contributed by atoms with Crippen LogP contribution >= 0.6 is 19.1 Å². The summed E-state index contributed by atoms with van der Waals surface area (Å²) in [6, 6.07) is 4.86. The summed E-state index contributed by atoms with van der Waals surface area (Å²) in [5.74, 6) is -3.65. The van der Waals surface area contributed by atoms with Crippen molar-refractivity contribution in [1.29, 1.82) is 0 Å². The summed E-state index contributed by atoms with van der Waals surface area (Å²) >= 11 is 5.68. The highest BCUT2D eigenvalue weighted by molar-refractivity contribution is 7.57. The number of esters is 1. The molecule has 44 heavy (non-hydrogen) atoms. The molecule has 0 saturated heterocycles. The van der Waals surface area contributed by atoms with Crippen molar-refractivity contribution >= 4 is 42.9 Å². The number of alkyl halides is 3. The van der Waals surface area contributed by atoms with Gasteiger partial charge in [-0.3, -0.25) is 24.3 Å². The predicted molar refractivity (Wildman–Crippen MR) is 154 cm³/mol. The van der Waals surface area contributed by atoms with E-state index in [-0.39, 0.29) is 23.7 Å². The molecule has 0 aliphatic carbocycles. The maximum absolute atomic E-state index is 15.9. The van der Waals surface area contributed by atoms with E-state index in [0.29, 0.717) is 12.8 Å². The van der Waals surface area contributed by atoms with E-state index in [9.17, 15) is 34.2 Å². The van der Waals surface area contributed by atoms with Crippen LogP contribution in [0.3, 0.4) is 0 Å². The van der Waals surface area contributed by atoms with Gasteiger partial charge in [-0.2, -0.15) is 8.78 Å². The van der Waals surface area contributed by atoms with Crippen LogP contribution in [0.2, 0.25) is 0 Å². The number of carbonyl (C=O) groups excluding carboxylic acids is 2. The van der Waals surface area contributed by atoms with E-state index in [1.807, 2.05) is 0 Å². The van der Waals surface area contributed by atoms with Crippen LogP contribution in [0.25, 0.3) is 0 Å². The number of amides is 1. The summed E-state index contributed by atoms with van der Waals surface area (Å²) in [6.45, 7) is 4.00. The van der Waals surface area contributed by atoms with Gasteiger partial charge in [0.15, 0.2) is 0 Å². The van der Waals surface area contributed by atoms with Crippen molar-refractivity contribution in [3.05, 3.63) is 63.4 Å². The van der Waals surface area contributed by atoms with Crippen molar-refractivity contribution in [2.24, 2.45) is 0 Å². The number of benzene rings is 1. The highest BCUT2D eigenvalue weighted by Crippen LogP contribution is 2.68. The average molecular weight is 666 g/mol. The standard InChI is InChI=1S/C27H35ClF2N3O10P/c1-26(2,3)43-24(35)16-21(25(36)37)31-22(34)15-18-7-9-19(10-8-18)27(29,30)44(40,32(4)14-6-5-13-28)41-17-20-11-12-23(42-20)33(38)39/h7-12,21H,5-6,13-17H2,1-4H3,(H,31,34)(H,36,37)/t21-,44?/m0/s1. The van der Waals surface area contributed by atoms with Crippen molar-refractivity contribution in [2.75, 3.05) is 19.5 Å². The number of halogens is 3. The number of nitrogens with zero attached hydrogens (tertiary/aromatic N) is 2. The average Bonchev–Trinajstić information content (AvgIpc) is 3.40. The first kappa shape index (κ1) is 36.8. The molecule has 13 nitrogen and oxygen atoms in total. The Labute approximate surface area is 257 Å². The Bertz CT molecular complexity index is 1360. The second-order valence-corrected chi connectivity index (χ2v) is 13.7. The Morgan fingerprint density at radius 2 is 1.80 bits per heavy atom. The first-order valence-corrected chi connectivity index (χ1v) is 15.5. The van der Waals surface area contributed by atoms with Crippen molar-refractivity contribution in [1.82, 2.24) is 9.99 Å². The molecule has 1 amide bonds. The molecule has 1 heterocycles. The topological polar surface area (TPSA) is 179 Å². The van der Waals surface area contributed by atoms with Crippen LogP contribution in [0.15, 0.2) is 40.8 Å². The number of furan rings is 1. The fourth-order valence-electron chi connectivity index (χ4n) is 3.82. The molecule has 0 radical (unpaired) electrons. The van der Waals surface area contributed by atoms with Crippen molar-refractivity contribution < 1.29 is 51.4 Å². The third-order valence-corrected chi connectivity index (χ3v) is 8.78. The highest BCUT2D eigenvalue weighted by Gasteiger charge is 2.56. The molecule has 0 bridgehead atoms. The summed E-state index contributed by atoms with van der Waals surface area (Å²) in [6.07, 6.45) is -0.246. The SMILES string of the molecule is CN(CCCCCl)P(=O)(OCc1ccc([N+](=O)[O-])o1)C(F)(F)c1ccc(CC(=O)N[C@@H](CC(=O)OC(C)(C)C)C(=O)O)cc1. The maximum Gasteiger partial charge on any atom is 0.433 e. The number of rotatable bonds is 17. The molecule has 1 unspecified atom stereocenters. The third-order valence-electron chi connectivity index (χ3n) is 5.97. The van der Waals surface area contributed by atoms with Crippen LogP contribution in [0, 0.1) is 10.1 Å². The summed E-state index contributed by atoms with van der Waals surface area (Å²) in [5, 5.41) is 22.5. The number of hydrogen-bond acceptors (Lipinski definition) is 9. The van der Waals surface area contributed by atoms with Gasteiger partial charge in [0.2, 0.25) is 5.91 Å². The number of carboxylic acid groups (broad SMARTS) is 1. The van der Waals surface area contributed by atoms with Crippen LogP contribution in [0.5, 0.6) is 0 Å². The number of ether oxygens (including phenoxy) is 1. The van der Waals surface area contributed by atoms with Crippen LogP contribution in [0.1, 0.15) is 56.9 Å². The van der Waals surface area contributed by atoms with E-state index in [4.69, 9.17) is 25.3 Å². The van der Waals surface area contributed by atoms with Crippen LogP contribution in [0.4, 0.5) is 14.7 Å². The Morgan fingerprint density at radius 1 is 1.16 bits per heavy atom. The Morgan fingerprint density at radius 3 is 2.32 bits per heavy atom. The van der Waals surface area contributed by atoms with E-state index in [1.165, 1.54) is 19.2 Å². The number of aliphatic carboxylic acids is 1. The lowest BCUT2D eigenvalue weighted by atomic mass is 10.1. The Kier molecular flexibility index (Phi) is 13.0. The first-order valence-electron chi connectivity index (χ1n) is 13.4. The zero-order chi connectivity index (χ0) is 33.3. The van der Waals surface area contributed by atoms with Gasteiger partial charge in [-0.05, 0) is 52.3 Å². The normalized spacial score (nSPS) is 14.1. The molecule has 0 saturated carbocycles. The zero-order valence-corrected chi connectivity index (χ0v) is 26.2. The van der Waals surface area contributed by atoms with Gasteiger partial charge in [-0.15, -0.1) is 11.6 Å². The second kappa shape index (κ2) is 15.6. The smallest absolute Gasteiger partial charge is 0.433 e. The van der Waals surface area contributed by atoms with Gasteiger partial charge in [0.25, 0.3) is 0 Å². The number of nitrogens with one attached hydrogen (secondary N) is 1. The highest BCUT2D eigenvalue weighted by atomic mass is 35.5. The predicted octanol–water partition coefficient (Wildman–Crippen LogP) is 5.44. The van der Waals surface area contributed by atoms with Gasteiger partial charge < -0.3 is 24.1 Å². The number of carboxylic acids is 1. The van der Waals surface area contributed by atoms with Gasteiger partial charge in [0.1, 0.15) is 28.9 Å². The quantitative estimate of drug-likeness (QED) is 0.0549. The molecule has 2 aromatic rings. The van der Waals surface area contributed by atoms with Gasteiger partial charge in [-0.25, -0.2) is 9.46 Å². The van der Waals surface area contributed by atoms with Crippen LogP contribution in [-0.4, -0.2) is 63.7 Å². The maximum atomic E-state index is 15.9. The summed E-state index contributed by atoms with van der Waals surface area (Å²) in [7, 11) is -3.82. The van der Waals surface area contributed by atoms with Gasteiger partial charge in [0, 0.05) is 18.0 Å². The summed E-state index contributed by atoms with van der Waals surface area (Å²) in [5.41, 5.74) is -5.42. The molecule has 1 aromatic carbocycles. The minimum atomic E-state index is -5.02. The molecule has 244 valence electrons. The Balaban J connectivity index is 2.21. The molecule has 0 aliphatic rings.